The molecule has 0 aliphatic carbocycles. The van der Waals surface area contributed by atoms with Crippen molar-refractivity contribution in [2.45, 2.75) is 17.0 Å². The largest absolute Gasteiger partial charge is 0.379 e. The number of hydrogen-bond acceptors (Lipinski definition) is 9. The van der Waals surface area contributed by atoms with Crippen LogP contribution in [0.5, 0.6) is 5.75 Å². The Kier molecular flexibility index (Phi) is 7.06. The molecule has 0 saturated carbocycles. The van der Waals surface area contributed by atoms with Crippen LogP contribution >= 0.6 is 23.3 Å². The maximum atomic E-state index is 12.4. The van der Waals surface area contributed by atoms with E-state index in [4.69, 9.17) is 4.18 Å². The fraction of sp³-hybridized carbons (Fsp3) is 0.100. The number of nitriles is 1. The Morgan fingerprint density at radius 1 is 1.19 bits per heavy atom. The fourth-order valence-electron chi connectivity index (χ4n) is 2.32. The molecule has 1 aromatic heterocycles. The summed E-state index contributed by atoms with van der Waals surface area (Å²) in [5.41, 5.74) is 1.32. The van der Waals surface area contributed by atoms with E-state index in [9.17, 15) is 18.5 Å². The summed E-state index contributed by atoms with van der Waals surface area (Å²) in [5, 5.41) is 12.7. The van der Waals surface area contributed by atoms with Gasteiger partial charge in [0.2, 0.25) is 10.3 Å². The Hall–Kier alpha value is -3.20. The van der Waals surface area contributed by atoms with E-state index < -0.39 is 16.0 Å². The number of anilines is 1. The molecule has 1 N–H and O–H groups in total. The molecule has 0 atom stereocenters. The van der Waals surface area contributed by atoms with Gasteiger partial charge in [-0.05, 0) is 49.1 Å². The van der Waals surface area contributed by atoms with Crippen molar-refractivity contribution in [3.05, 3.63) is 65.2 Å². The van der Waals surface area contributed by atoms with Crippen LogP contribution in [-0.4, -0.2) is 29.9 Å². The Bertz CT molecular complexity index is 1260. The molecule has 1 amide bonds. The lowest BCUT2D eigenvalue weighted by atomic mass is 10.1. The van der Waals surface area contributed by atoms with Gasteiger partial charge in [-0.2, -0.15) is 23.0 Å². The zero-order chi connectivity index (χ0) is 22.4. The van der Waals surface area contributed by atoms with E-state index in [0.717, 1.165) is 17.1 Å². The van der Waals surface area contributed by atoms with Gasteiger partial charge >= 0.3 is 10.1 Å². The smallest absolute Gasteiger partial charge is 0.339 e. The summed E-state index contributed by atoms with van der Waals surface area (Å²) in [7, 11) is -3.96. The van der Waals surface area contributed by atoms with Gasteiger partial charge in [-0.3, -0.25) is 10.1 Å². The molecular formula is C20H16N4O4S3. The van der Waals surface area contributed by atoms with Crippen molar-refractivity contribution in [3.63, 3.8) is 0 Å². The molecule has 0 aliphatic rings. The number of thioether (sulfide) groups is 1. The van der Waals surface area contributed by atoms with Crippen LogP contribution in [0.3, 0.4) is 0 Å². The standard InChI is InChI=1S/C20H16N4O4S3/c1-13-3-9-17(10-4-13)31(26,27)28-16-7-5-14(6-8-16)11-15(12-21)18(25)22-19-23-20(29-2)24-30-19/h3-11H,1-2H3,(H,22,23,24,25)/b15-11-. The second kappa shape index (κ2) is 9.74. The third kappa shape index (κ3) is 5.91. The van der Waals surface area contributed by atoms with Crippen molar-refractivity contribution in [1.29, 1.82) is 5.26 Å². The number of nitrogens with one attached hydrogen (secondary N) is 1. The lowest BCUT2D eigenvalue weighted by molar-refractivity contribution is -0.112. The van der Waals surface area contributed by atoms with E-state index >= 15 is 0 Å². The van der Waals surface area contributed by atoms with Gasteiger partial charge in [-0.15, -0.1) is 0 Å². The van der Waals surface area contributed by atoms with Gasteiger partial charge in [0.25, 0.3) is 5.91 Å². The Labute approximate surface area is 187 Å². The summed E-state index contributed by atoms with van der Waals surface area (Å²) >= 11 is 2.36. The minimum atomic E-state index is -3.96. The molecule has 8 nitrogen and oxygen atoms in total. The SMILES string of the molecule is CSc1nsc(NC(=O)/C(C#N)=C\c2ccc(OS(=O)(=O)c3ccc(C)cc3)cc2)n1. The van der Waals surface area contributed by atoms with Gasteiger partial charge in [-0.1, -0.05) is 41.6 Å². The Morgan fingerprint density at radius 3 is 2.45 bits per heavy atom. The Balaban J connectivity index is 1.72. The normalized spacial score (nSPS) is 11.6. The minimum Gasteiger partial charge on any atom is -0.379 e. The van der Waals surface area contributed by atoms with Crippen molar-refractivity contribution >= 4 is 50.5 Å². The van der Waals surface area contributed by atoms with Crippen molar-refractivity contribution in [1.82, 2.24) is 9.36 Å². The van der Waals surface area contributed by atoms with E-state index in [2.05, 4.69) is 14.7 Å². The molecule has 3 aromatic rings. The van der Waals surface area contributed by atoms with Gasteiger partial charge in [0, 0.05) is 11.5 Å². The number of hydrogen-bond donors (Lipinski definition) is 1. The zero-order valence-electron chi connectivity index (χ0n) is 16.4. The molecule has 0 unspecified atom stereocenters. The van der Waals surface area contributed by atoms with Crippen LogP contribution < -0.4 is 9.50 Å². The van der Waals surface area contributed by atoms with Crippen LogP contribution in [0, 0.1) is 18.3 Å². The van der Waals surface area contributed by atoms with E-state index in [1.54, 1.807) is 24.3 Å². The summed E-state index contributed by atoms with van der Waals surface area (Å²) in [4.78, 5) is 16.5. The van der Waals surface area contributed by atoms with E-state index in [0.29, 0.717) is 15.9 Å². The van der Waals surface area contributed by atoms with Crippen molar-refractivity contribution in [2.24, 2.45) is 0 Å². The summed E-state index contributed by atoms with van der Waals surface area (Å²) in [6, 6.07) is 14.1. The molecule has 1 heterocycles. The van der Waals surface area contributed by atoms with Crippen LogP contribution in [0.4, 0.5) is 5.13 Å². The second-order valence-electron chi connectivity index (χ2n) is 6.13. The highest BCUT2D eigenvalue weighted by Gasteiger charge is 2.16. The molecule has 0 bridgehead atoms. The summed E-state index contributed by atoms with van der Waals surface area (Å²) in [6.45, 7) is 1.86. The molecule has 0 radical (unpaired) electrons. The molecule has 0 spiro atoms. The molecule has 11 heteroatoms. The highest BCUT2D eigenvalue weighted by Crippen LogP contribution is 2.21. The topological polar surface area (TPSA) is 122 Å². The average Bonchev–Trinajstić information content (AvgIpc) is 3.20. The summed E-state index contributed by atoms with van der Waals surface area (Å²) < 4.78 is 33.9. The minimum absolute atomic E-state index is 0.0480. The number of nitrogens with zero attached hydrogens (tertiary/aromatic N) is 3. The van der Waals surface area contributed by atoms with Gasteiger partial charge in [0.1, 0.15) is 22.3 Å². The van der Waals surface area contributed by atoms with Gasteiger partial charge in [-0.25, -0.2) is 0 Å². The van der Waals surface area contributed by atoms with Crippen LogP contribution in [0.25, 0.3) is 6.08 Å². The van der Waals surface area contributed by atoms with Gasteiger partial charge in [0.05, 0.1) is 0 Å². The molecule has 158 valence electrons. The van der Waals surface area contributed by atoms with Crippen LogP contribution in [0.2, 0.25) is 0 Å². The number of rotatable bonds is 7. The first-order valence-electron chi connectivity index (χ1n) is 8.73. The lowest BCUT2D eigenvalue weighted by Gasteiger charge is -2.07. The molecule has 2 aromatic carbocycles. The first kappa shape index (κ1) is 22.5. The third-order valence-corrected chi connectivity index (χ3v) is 6.44. The van der Waals surface area contributed by atoms with E-state index in [1.807, 2.05) is 19.2 Å². The van der Waals surface area contributed by atoms with Crippen molar-refractivity contribution in [3.8, 4) is 11.8 Å². The molecule has 0 aliphatic heterocycles. The number of benzene rings is 2. The highest BCUT2D eigenvalue weighted by molar-refractivity contribution is 7.98. The van der Waals surface area contributed by atoms with Crippen molar-refractivity contribution in [2.75, 3.05) is 11.6 Å². The first-order chi connectivity index (χ1) is 14.8. The van der Waals surface area contributed by atoms with Gasteiger partial charge in [0.15, 0.2) is 0 Å². The van der Waals surface area contributed by atoms with E-state index in [1.165, 1.54) is 42.1 Å². The fourth-order valence-corrected chi connectivity index (χ4v) is 4.37. The predicted molar refractivity (Wildman–Crippen MR) is 119 cm³/mol. The van der Waals surface area contributed by atoms with E-state index in [-0.39, 0.29) is 16.2 Å². The number of carbonyl (C=O) groups excluding carboxylic acids is 1. The molecule has 0 saturated heterocycles. The van der Waals surface area contributed by atoms with Crippen LogP contribution in [0.1, 0.15) is 11.1 Å². The molecule has 0 fully saturated rings. The number of aryl methyl sites for hydroxylation is 1. The zero-order valence-corrected chi connectivity index (χ0v) is 18.8. The second-order valence-corrected chi connectivity index (χ2v) is 9.20. The number of carbonyl (C=O) groups is 1. The maximum absolute atomic E-state index is 12.4. The third-order valence-electron chi connectivity index (χ3n) is 3.88. The lowest BCUT2D eigenvalue weighted by Crippen LogP contribution is -2.13. The summed E-state index contributed by atoms with van der Waals surface area (Å²) in [6.07, 6.45) is 3.19. The maximum Gasteiger partial charge on any atom is 0.339 e. The van der Waals surface area contributed by atoms with Crippen LogP contribution in [0.15, 0.2) is 64.2 Å². The van der Waals surface area contributed by atoms with Crippen LogP contribution in [-0.2, 0) is 14.9 Å². The predicted octanol–water partition coefficient (Wildman–Crippen LogP) is 3.88. The highest BCUT2D eigenvalue weighted by atomic mass is 32.2. The Morgan fingerprint density at radius 2 is 1.87 bits per heavy atom. The number of aromatic nitrogens is 2. The molecule has 31 heavy (non-hydrogen) atoms. The monoisotopic (exact) mass is 472 g/mol. The average molecular weight is 473 g/mol. The van der Waals surface area contributed by atoms with Crippen molar-refractivity contribution < 1.29 is 17.4 Å². The number of amides is 1. The molecule has 3 rings (SSSR count). The van der Waals surface area contributed by atoms with Gasteiger partial charge < -0.3 is 4.18 Å². The quantitative estimate of drug-likeness (QED) is 0.238. The molecular weight excluding hydrogens is 456 g/mol. The first-order valence-corrected chi connectivity index (χ1v) is 12.1. The summed E-state index contributed by atoms with van der Waals surface area (Å²) in [5.74, 6) is -0.507.